The monoisotopic (exact) mass is 273 g/mol. The van der Waals surface area contributed by atoms with Crippen molar-refractivity contribution in [2.24, 2.45) is 0 Å². The second-order valence-corrected chi connectivity index (χ2v) is 5.81. The van der Waals surface area contributed by atoms with E-state index in [0.29, 0.717) is 19.8 Å². The minimum Gasteiger partial charge on any atom is -0.379 e. The molecule has 0 aromatic heterocycles. The molecular weight excluding hydrogens is 246 g/mol. The number of nitrogens with one attached hydrogen (secondary N) is 1. The lowest BCUT2D eigenvalue weighted by molar-refractivity contribution is -0.130. The van der Waals surface area contributed by atoms with E-state index in [2.05, 4.69) is 5.32 Å². The number of carbonyl (C=O) groups excluding carboxylic acids is 1. The van der Waals surface area contributed by atoms with Gasteiger partial charge in [-0.15, -0.1) is 0 Å². The Kier molecular flexibility index (Phi) is 7.34. The topological polar surface area (TPSA) is 56.8 Å². The third-order valence-electron chi connectivity index (χ3n) is 2.75. The van der Waals surface area contributed by atoms with Gasteiger partial charge >= 0.3 is 0 Å². The molecule has 1 rings (SSSR count). The van der Waals surface area contributed by atoms with Crippen LogP contribution in [0.15, 0.2) is 0 Å². The molecule has 5 nitrogen and oxygen atoms in total. The smallest absolute Gasteiger partial charge is 0.246 e. The van der Waals surface area contributed by atoms with Crippen LogP contribution in [0.1, 0.15) is 40.0 Å². The van der Waals surface area contributed by atoms with Gasteiger partial charge in [0.25, 0.3) is 0 Å². The van der Waals surface area contributed by atoms with Gasteiger partial charge in [-0.05, 0) is 40.0 Å². The van der Waals surface area contributed by atoms with E-state index in [4.69, 9.17) is 14.2 Å². The standard InChI is InChI=1S/C14H27NO4/c1-14(2,3)19-11-13(16)15-7-5-8-17-10-12-6-4-9-18-12/h12H,4-11H2,1-3H3,(H,15,16). The highest BCUT2D eigenvalue weighted by Gasteiger charge is 2.15. The zero-order valence-electron chi connectivity index (χ0n) is 12.4. The molecule has 0 aromatic rings. The lowest BCUT2D eigenvalue weighted by Gasteiger charge is -2.19. The molecule has 0 spiro atoms. The van der Waals surface area contributed by atoms with Crippen molar-refractivity contribution in [1.29, 1.82) is 0 Å². The average molecular weight is 273 g/mol. The van der Waals surface area contributed by atoms with Gasteiger partial charge in [-0.3, -0.25) is 4.79 Å². The summed E-state index contributed by atoms with van der Waals surface area (Å²) in [6.07, 6.45) is 3.32. The molecule has 1 N–H and O–H groups in total. The minimum absolute atomic E-state index is 0.0750. The van der Waals surface area contributed by atoms with E-state index in [1.807, 2.05) is 20.8 Å². The maximum atomic E-state index is 11.4. The van der Waals surface area contributed by atoms with Gasteiger partial charge in [0.2, 0.25) is 5.91 Å². The molecule has 19 heavy (non-hydrogen) atoms. The van der Waals surface area contributed by atoms with Gasteiger partial charge in [0.15, 0.2) is 0 Å². The maximum Gasteiger partial charge on any atom is 0.246 e. The van der Waals surface area contributed by atoms with Gasteiger partial charge in [0.1, 0.15) is 6.61 Å². The van der Waals surface area contributed by atoms with Crippen molar-refractivity contribution < 1.29 is 19.0 Å². The van der Waals surface area contributed by atoms with Crippen molar-refractivity contribution >= 4 is 5.91 Å². The summed E-state index contributed by atoms with van der Waals surface area (Å²) in [5.74, 6) is -0.0750. The summed E-state index contributed by atoms with van der Waals surface area (Å²) >= 11 is 0. The van der Waals surface area contributed by atoms with Crippen LogP contribution in [0, 0.1) is 0 Å². The summed E-state index contributed by atoms with van der Waals surface area (Å²) < 4.78 is 16.3. The van der Waals surface area contributed by atoms with Crippen LogP contribution >= 0.6 is 0 Å². The first-order chi connectivity index (χ1) is 8.97. The number of hydrogen-bond acceptors (Lipinski definition) is 4. The molecule has 112 valence electrons. The molecule has 0 saturated carbocycles. The molecule has 1 heterocycles. The average Bonchev–Trinajstić information content (AvgIpc) is 2.83. The Morgan fingerprint density at radius 1 is 1.42 bits per heavy atom. The van der Waals surface area contributed by atoms with E-state index in [1.165, 1.54) is 0 Å². The number of ether oxygens (including phenoxy) is 3. The van der Waals surface area contributed by atoms with Crippen LogP contribution in [0.25, 0.3) is 0 Å². The van der Waals surface area contributed by atoms with Crippen molar-refractivity contribution in [3.63, 3.8) is 0 Å². The van der Waals surface area contributed by atoms with Crippen LogP contribution in [0.5, 0.6) is 0 Å². The zero-order chi connectivity index (χ0) is 14.1. The van der Waals surface area contributed by atoms with Gasteiger partial charge in [-0.1, -0.05) is 0 Å². The summed E-state index contributed by atoms with van der Waals surface area (Å²) in [6, 6.07) is 0. The summed E-state index contributed by atoms with van der Waals surface area (Å²) in [7, 11) is 0. The van der Waals surface area contributed by atoms with Crippen molar-refractivity contribution in [3.05, 3.63) is 0 Å². The summed E-state index contributed by atoms with van der Waals surface area (Å²) in [4.78, 5) is 11.4. The van der Waals surface area contributed by atoms with Crippen LogP contribution in [0.3, 0.4) is 0 Å². The van der Waals surface area contributed by atoms with Crippen LogP contribution in [0.4, 0.5) is 0 Å². The van der Waals surface area contributed by atoms with E-state index in [1.54, 1.807) is 0 Å². The summed E-state index contributed by atoms with van der Waals surface area (Å²) in [5, 5.41) is 2.81. The quantitative estimate of drug-likeness (QED) is 0.681. The Morgan fingerprint density at radius 3 is 2.84 bits per heavy atom. The number of carbonyl (C=O) groups is 1. The predicted octanol–water partition coefficient (Wildman–Crippen LogP) is 1.50. The van der Waals surface area contributed by atoms with Gasteiger partial charge in [-0.2, -0.15) is 0 Å². The van der Waals surface area contributed by atoms with Crippen LogP contribution in [0.2, 0.25) is 0 Å². The second-order valence-electron chi connectivity index (χ2n) is 5.81. The first kappa shape index (κ1) is 16.4. The zero-order valence-corrected chi connectivity index (χ0v) is 12.4. The Morgan fingerprint density at radius 2 is 2.21 bits per heavy atom. The predicted molar refractivity (Wildman–Crippen MR) is 73.1 cm³/mol. The molecule has 1 atom stereocenters. The lowest BCUT2D eigenvalue weighted by atomic mass is 10.2. The Labute approximate surface area is 116 Å². The third-order valence-corrected chi connectivity index (χ3v) is 2.75. The van der Waals surface area contributed by atoms with Crippen LogP contribution in [-0.2, 0) is 19.0 Å². The summed E-state index contributed by atoms with van der Waals surface area (Å²) in [6.45, 7) is 8.70. The second kappa shape index (κ2) is 8.51. The summed E-state index contributed by atoms with van der Waals surface area (Å²) in [5.41, 5.74) is -0.276. The SMILES string of the molecule is CC(C)(C)OCC(=O)NCCCOCC1CCCO1. The van der Waals surface area contributed by atoms with Crippen LogP contribution < -0.4 is 5.32 Å². The molecule has 1 amide bonds. The molecule has 1 saturated heterocycles. The fraction of sp³-hybridized carbons (Fsp3) is 0.929. The number of amides is 1. The first-order valence-electron chi connectivity index (χ1n) is 7.07. The van der Waals surface area contributed by atoms with E-state index in [-0.39, 0.29) is 24.2 Å². The molecule has 0 bridgehead atoms. The van der Waals surface area contributed by atoms with Gasteiger partial charge in [0, 0.05) is 19.8 Å². The molecular formula is C14H27NO4. The molecule has 0 radical (unpaired) electrons. The Bertz CT molecular complexity index is 257. The van der Waals surface area contributed by atoms with E-state index in [9.17, 15) is 4.79 Å². The highest BCUT2D eigenvalue weighted by Crippen LogP contribution is 2.11. The third kappa shape index (κ3) is 8.97. The molecule has 0 aliphatic carbocycles. The van der Waals surface area contributed by atoms with Crippen molar-refractivity contribution in [2.45, 2.75) is 51.7 Å². The van der Waals surface area contributed by atoms with E-state index < -0.39 is 0 Å². The van der Waals surface area contributed by atoms with Gasteiger partial charge in [0.05, 0.1) is 18.3 Å². The minimum atomic E-state index is -0.276. The largest absolute Gasteiger partial charge is 0.379 e. The molecule has 1 aliphatic heterocycles. The lowest BCUT2D eigenvalue weighted by Crippen LogP contribution is -2.33. The highest BCUT2D eigenvalue weighted by molar-refractivity contribution is 5.77. The molecule has 1 aliphatic rings. The number of hydrogen-bond donors (Lipinski definition) is 1. The molecule has 1 unspecified atom stereocenters. The van der Waals surface area contributed by atoms with E-state index in [0.717, 1.165) is 25.9 Å². The van der Waals surface area contributed by atoms with Crippen molar-refractivity contribution in [1.82, 2.24) is 5.32 Å². The van der Waals surface area contributed by atoms with Gasteiger partial charge in [-0.25, -0.2) is 0 Å². The highest BCUT2D eigenvalue weighted by atomic mass is 16.5. The van der Waals surface area contributed by atoms with Crippen molar-refractivity contribution in [2.75, 3.05) is 33.0 Å². The fourth-order valence-electron chi connectivity index (χ4n) is 1.73. The molecule has 5 heteroatoms. The van der Waals surface area contributed by atoms with Crippen molar-refractivity contribution in [3.8, 4) is 0 Å². The molecule has 0 aromatic carbocycles. The number of rotatable bonds is 8. The van der Waals surface area contributed by atoms with Crippen LogP contribution in [-0.4, -0.2) is 50.6 Å². The first-order valence-corrected chi connectivity index (χ1v) is 7.07. The Balaban J connectivity index is 1.88. The molecule has 1 fully saturated rings. The normalized spacial score (nSPS) is 19.6. The Hall–Kier alpha value is -0.650. The fourth-order valence-corrected chi connectivity index (χ4v) is 1.73. The van der Waals surface area contributed by atoms with E-state index >= 15 is 0 Å². The maximum absolute atomic E-state index is 11.4. The van der Waals surface area contributed by atoms with Gasteiger partial charge < -0.3 is 19.5 Å².